The highest BCUT2D eigenvalue weighted by Gasteiger charge is 2.45. The fraction of sp³-hybridized carbons (Fsp3) is 0.412. The van der Waals surface area contributed by atoms with Crippen molar-refractivity contribution in [3.05, 3.63) is 46.2 Å². The number of likely N-dealkylation sites (N-methyl/N-ethyl adjacent to an activating group) is 1. The van der Waals surface area contributed by atoms with Gasteiger partial charge in [-0.2, -0.15) is 0 Å². The van der Waals surface area contributed by atoms with Gasteiger partial charge in [0, 0.05) is 24.8 Å². The van der Waals surface area contributed by atoms with Crippen LogP contribution in [0.3, 0.4) is 0 Å². The number of thioether (sulfide) groups is 1. The average Bonchev–Trinajstić information content (AvgIpc) is 2.74. The molecule has 0 radical (unpaired) electrons. The zero-order chi connectivity index (χ0) is 20.4. The maximum Gasteiger partial charge on any atom is 0.271 e. The van der Waals surface area contributed by atoms with Gasteiger partial charge in [0.25, 0.3) is 5.91 Å². The Morgan fingerprint density at radius 2 is 2.07 bits per heavy atom. The summed E-state index contributed by atoms with van der Waals surface area (Å²) in [5.74, 6) is -0.516. The van der Waals surface area contributed by atoms with E-state index in [1.54, 1.807) is 24.1 Å². The molecule has 3 N–H and O–H groups in total. The van der Waals surface area contributed by atoms with Crippen LogP contribution in [0, 0.1) is 5.82 Å². The number of rotatable bonds is 6. The van der Waals surface area contributed by atoms with Crippen LogP contribution >= 0.6 is 11.8 Å². The molecule has 1 heterocycles. The van der Waals surface area contributed by atoms with Crippen LogP contribution in [0.2, 0.25) is 0 Å². The molecule has 0 saturated carbocycles. The van der Waals surface area contributed by atoms with Gasteiger partial charge in [0.2, 0.25) is 15.0 Å². The number of aliphatic imine (C=N–C) groups is 1. The highest BCUT2D eigenvalue weighted by Crippen LogP contribution is 2.42. The third kappa shape index (κ3) is 4.62. The molecule has 0 bridgehead atoms. The molecule has 0 saturated heterocycles. The van der Waals surface area contributed by atoms with Gasteiger partial charge in [-0.05, 0) is 31.5 Å². The lowest BCUT2D eigenvalue weighted by Gasteiger charge is -2.34. The maximum absolute atomic E-state index is 13.5. The summed E-state index contributed by atoms with van der Waals surface area (Å²) in [6.07, 6.45) is 0.985. The first-order chi connectivity index (χ1) is 12.5. The first kappa shape index (κ1) is 21.2. The molecule has 0 atom stereocenters. The van der Waals surface area contributed by atoms with Crippen molar-refractivity contribution in [1.29, 1.82) is 0 Å². The Kier molecular flexibility index (Phi) is 6.21. The van der Waals surface area contributed by atoms with Crippen molar-refractivity contribution in [3.8, 4) is 0 Å². The van der Waals surface area contributed by atoms with E-state index in [1.165, 1.54) is 23.9 Å². The molecule has 1 aliphatic rings. The van der Waals surface area contributed by atoms with E-state index in [1.807, 2.05) is 13.8 Å². The molecule has 1 aromatic carbocycles. The largest absolute Gasteiger partial charge is 0.383 e. The van der Waals surface area contributed by atoms with Crippen LogP contribution in [0.25, 0.3) is 0 Å². The smallest absolute Gasteiger partial charge is 0.271 e. The molecule has 7 nitrogen and oxygen atoms in total. The zero-order valence-electron chi connectivity index (χ0n) is 15.6. The van der Waals surface area contributed by atoms with E-state index in [-0.39, 0.29) is 24.1 Å². The summed E-state index contributed by atoms with van der Waals surface area (Å²) in [4.78, 5) is 19.1. The average molecular weight is 415 g/mol. The van der Waals surface area contributed by atoms with E-state index < -0.39 is 20.5 Å². The molecule has 0 aromatic heterocycles. The normalized spacial score (nSPS) is 17.6. The topological polar surface area (TPSA) is 105 Å². The number of nitrogens with two attached hydrogens (primary N) is 1. The van der Waals surface area contributed by atoms with Gasteiger partial charge in [-0.3, -0.25) is 4.79 Å². The number of sulfone groups is 1. The van der Waals surface area contributed by atoms with Gasteiger partial charge in [-0.1, -0.05) is 12.1 Å². The minimum absolute atomic E-state index is 0.0595. The second kappa shape index (κ2) is 7.89. The van der Waals surface area contributed by atoms with Gasteiger partial charge < -0.3 is 16.0 Å². The summed E-state index contributed by atoms with van der Waals surface area (Å²) in [7, 11) is -1.90. The Morgan fingerprint density at radius 1 is 1.41 bits per heavy atom. The molecule has 2 rings (SSSR count). The van der Waals surface area contributed by atoms with Crippen LogP contribution in [-0.2, 0) is 21.2 Å². The molecule has 148 valence electrons. The molecule has 1 aromatic rings. The first-order valence-electron chi connectivity index (χ1n) is 8.10. The number of nitrogens with one attached hydrogen (secondary N) is 1. The van der Waals surface area contributed by atoms with Crippen LogP contribution in [-0.4, -0.2) is 49.1 Å². The van der Waals surface area contributed by atoms with Gasteiger partial charge in [-0.25, -0.2) is 17.8 Å². The van der Waals surface area contributed by atoms with Crippen molar-refractivity contribution in [3.63, 3.8) is 0 Å². The third-order valence-corrected chi connectivity index (χ3v) is 6.34. The van der Waals surface area contributed by atoms with Crippen LogP contribution in [0.15, 0.2) is 39.9 Å². The van der Waals surface area contributed by atoms with Crippen LogP contribution in [0.5, 0.6) is 0 Å². The third-order valence-electron chi connectivity index (χ3n) is 4.21. The predicted octanol–water partition coefficient (Wildman–Crippen LogP) is 1.43. The van der Waals surface area contributed by atoms with Gasteiger partial charge in [0.15, 0.2) is 0 Å². The van der Waals surface area contributed by atoms with Gasteiger partial charge in [0.1, 0.15) is 11.5 Å². The highest BCUT2D eigenvalue weighted by atomic mass is 32.2. The van der Waals surface area contributed by atoms with E-state index in [4.69, 9.17) is 5.73 Å². The summed E-state index contributed by atoms with van der Waals surface area (Å²) in [6.45, 7) is 3.99. The molecule has 0 spiro atoms. The predicted molar refractivity (Wildman–Crippen MR) is 106 cm³/mol. The van der Waals surface area contributed by atoms with Crippen molar-refractivity contribution in [2.75, 3.05) is 19.2 Å². The quantitative estimate of drug-likeness (QED) is 0.539. The van der Waals surface area contributed by atoms with Crippen LogP contribution in [0.4, 0.5) is 4.39 Å². The standard InChI is InChI=1S/C17H23FN4O3S2/c1-17(2)14(26-10-21-16(19)27(4,24)25)13(20-3)15(23)22(17)9-11-6-5-7-12(18)8-11/h5-8,20H,9-10H2,1-4H3,(H2,19,21). The van der Waals surface area contributed by atoms with Gasteiger partial charge in [-0.15, -0.1) is 11.8 Å². The lowest BCUT2D eigenvalue weighted by atomic mass is 10.0. The number of hydrogen-bond donors (Lipinski definition) is 2. The van der Waals surface area contributed by atoms with E-state index in [0.717, 1.165) is 11.2 Å². The molecule has 10 heteroatoms. The van der Waals surface area contributed by atoms with E-state index in [9.17, 15) is 17.6 Å². The summed E-state index contributed by atoms with van der Waals surface area (Å²) < 4.78 is 36.2. The summed E-state index contributed by atoms with van der Waals surface area (Å²) in [5.41, 5.74) is 5.86. The second-order valence-electron chi connectivity index (χ2n) is 6.58. The van der Waals surface area contributed by atoms with Crippen LogP contribution in [0.1, 0.15) is 19.4 Å². The summed E-state index contributed by atoms with van der Waals surface area (Å²) >= 11 is 1.24. The Hall–Kier alpha value is -2.07. The molecule has 0 fully saturated rings. The van der Waals surface area contributed by atoms with Gasteiger partial charge in [0.05, 0.1) is 11.4 Å². The Balaban J connectivity index is 2.25. The lowest BCUT2D eigenvalue weighted by molar-refractivity contribution is -0.129. The number of amidine groups is 1. The molecular formula is C17H23FN4O3S2. The molecule has 0 unspecified atom stereocenters. The fourth-order valence-corrected chi connectivity index (χ4v) is 4.26. The zero-order valence-corrected chi connectivity index (χ0v) is 17.2. The number of carbonyl (C=O) groups excluding carboxylic acids is 1. The Labute approximate surface area is 162 Å². The lowest BCUT2D eigenvalue weighted by Crippen LogP contribution is -2.43. The molecular weight excluding hydrogens is 391 g/mol. The Bertz CT molecular complexity index is 911. The SMILES string of the molecule is CNC1=C(SCN=C(N)S(C)(=O)=O)C(C)(C)N(Cc2cccc(F)c2)C1=O. The molecule has 1 amide bonds. The summed E-state index contributed by atoms with van der Waals surface area (Å²) in [5, 5.41) is 2.47. The minimum atomic E-state index is -3.54. The number of benzene rings is 1. The minimum Gasteiger partial charge on any atom is -0.383 e. The monoisotopic (exact) mass is 414 g/mol. The number of hydrogen-bond acceptors (Lipinski definition) is 6. The Morgan fingerprint density at radius 3 is 2.63 bits per heavy atom. The molecule has 1 aliphatic heterocycles. The highest BCUT2D eigenvalue weighted by molar-refractivity contribution is 8.06. The number of amides is 1. The van der Waals surface area contributed by atoms with Crippen molar-refractivity contribution in [2.24, 2.45) is 10.7 Å². The first-order valence-corrected chi connectivity index (χ1v) is 11.0. The molecule has 0 aliphatic carbocycles. The summed E-state index contributed by atoms with van der Waals surface area (Å²) in [6, 6.07) is 6.10. The van der Waals surface area contributed by atoms with Crippen molar-refractivity contribution in [2.45, 2.75) is 25.9 Å². The van der Waals surface area contributed by atoms with Crippen molar-refractivity contribution < 1.29 is 17.6 Å². The van der Waals surface area contributed by atoms with Crippen molar-refractivity contribution >= 4 is 32.7 Å². The number of nitrogens with zero attached hydrogens (tertiary/aromatic N) is 2. The molecule has 27 heavy (non-hydrogen) atoms. The van der Waals surface area contributed by atoms with E-state index in [0.29, 0.717) is 11.3 Å². The van der Waals surface area contributed by atoms with E-state index >= 15 is 0 Å². The second-order valence-corrected chi connectivity index (χ2v) is 9.49. The number of halogens is 1. The van der Waals surface area contributed by atoms with Crippen LogP contribution < -0.4 is 11.1 Å². The van der Waals surface area contributed by atoms with Crippen molar-refractivity contribution in [1.82, 2.24) is 10.2 Å². The number of carbonyl (C=O) groups is 1. The maximum atomic E-state index is 13.5. The fourth-order valence-electron chi connectivity index (χ4n) is 2.75. The van der Waals surface area contributed by atoms with E-state index in [2.05, 4.69) is 10.3 Å². The van der Waals surface area contributed by atoms with Gasteiger partial charge >= 0.3 is 0 Å².